The molecule has 0 radical (unpaired) electrons. The van der Waals surface area contributed by atoms with E-state index in [1.165, 1.54) is 11.1 Å². The summed E-state index contributed by atoms with van der Waals surface area (Å²) in [6.45, 7) is 0. The van der Waals surface area contributed by atoms with Gasteiger partial charge in [0.1, 0.15) is 11.4 Å². The van der Waals surface area contributed by atoms with E-state index in [0.717, 1.165) is 23.5 Å². The first kappa shape index (κ1) is 11.8. The lowest BCUT2D eigenvalue weighted by Crippen LogP contribution is -2.32. The highest BCUT2D eigenvalue weighted by molar-refractivity contribution is 7.10. The predicted molar refractivity (Wildman–Crippen MR) is 73.2 cm³/mol. The normalized spacial score (nSPS) is 22.6. The maximum atomic E-state index is 10.8. The van der Waals surface area contributed by atoms with Crippen molar-refractivity contribution in [2.75, 3.05) is 7.11 Å². The first-order valence-corrected chi connectivity index (χ1v) is 7.01. The highest BCUT2D eigenvalue weighted by Gasteiger charge is 2.34. The molecular formula is C15H16O2S. The summed E-state index contributed by atoms with van der Waals surface area (Å²) in [5.41, 5.74) is 1.83. The molecule has 1 unspecified atom stereocenters. The lowest BCUT2D eigenvalue weighted by atomic mass is 9.79. The summed E-state index contributed by atoms with van der Waals surface area (Å²) in [5.74, 6) is 0.865. The molecule has 94 valence electrons. The van der Waals surface area contributed by atoms with Gasteiger partial charge in [0.25, 0.3) is 0 Å². The van der Waals surface area contributed by atoms with Crippen LogP contribution in [0.4, 0.5) is 0 Å². The van der Waals surface area contributed by atoms with E-state index in [-0.39, 0.29) is 0 Å². The summed E-state index contributed by atoms with van der Waals surface area (Å²) < 4.78 is 5.26. The number of aliphatic hydroxyl groups is 1. The molecule has 2 nitrogen and oxygen atoms in total. The average molecular weight is 260 g/mol. The van der Waals surface area contributed by atoms with Crippen LogP contribution in [0, 0.1) is 0 Å². The van der Waals surface area contributed by atoms with E-state index < -0.39 is 5.60 Å². The topological polar surface area (TPSA) is 29.5 Å². The molecule has 1 aliphatic carbocycles. The molecule has 1 heterocycles. The quantitative estimate of drug-likeness (QED) is 0.899. The minimum absolute atomic E-state index is 0.681. The second-order valence-corrected chi connectivity index (χ2v) is 5.77. The Labute approximate surface area is 111 Å². The van der Waals surface area contributed by atoms with Crippen LogP contribution in [-0.2, 0) is 18.4 Å². The maximum Gasteiger partial charge on any atom is 0.119 e. The van der Waals surface area contributed by atoms with Gasteiger partial charge in [-0.3, -0.25) is 0 Å². The molecular weight excluding hydrogens is 244 g/mol. The van der Waals surface area contributed by atoms with Crippen LogP contribution in [0.2, 0.25) is 0 Å². The molecule has 1 aliphatic rings. The van der Waals surface area contributed by atoms with Gasteiger partial charge in [-0.05, 0) is 47.5 Å². The van der Waals surface area contributed by atoms with E-state index in [4.69, 9.17) is 4.74 Å². The Morgan fingerprint density at radius 3 is 2.89 bits per heavy atom. The van der Waals surface area contributed by atoms with Gasteiger partial charge in [-0.25, -0.2) is 0 Å². The summed E-state index contributed by atoms with van der Waals surface area (Å²) in [4.78, 5) is 1.07. The van der Waals surface area contributed by atoms with Crippen LogP contribution in [0.15, 0.2) is 35.7 Å². The summed E-state index contributed by atoms with van der Waals surface area (Å²) >= 11 is 1.63. The summed E-state index contributed by atoms with van der Waals surface area (Å²) in [7, 11) is 1.68. The molecule has 3 heteroatoms. The zero-order valence-corrected chi connectivity index (χ0v) is 11.2. The minimum atomic E-state index is -0.701. The van der Waals surface area contributed by atoms with Crippen molar-refractivity contribution in [3.05, 3.63) is 51.7 Å². The molecule has 3 rings (SSSR count). The van der Waals surface area contributed by atoms with Crippen molar-refractivity contribution in [3.8, 4) is 5.75 Å². The SMILES string of the molecule is COc1ccc2c(c1)CC(O)(c1cccs1)CC2. The number of hydrogen-bond donors (Lipinski definition) is 1. The lowest BCUT2D eigenvalue weighted by Gasteiger charge is -2.33. The highest BCUT2D eigenvalue weighted by atomic mass is 32.1. The molecule has 1 N–H and O–H groups in total. The van der Waals surface area contributed by atoms with E-state index in [2.05, 4.69) is 6.07 Å². The van der Waals surface area contributed by atoms with Crippen molar-refractivity contribution >= 4 is 11.3 Å². The van der Waals surface area contributed by atoms with Crippen LogP contribution in [0.5, 0.6) is 5.75 Å². The van der Waals surface area contributed by atoms with E-state index in [1.807, 2.05) is 29.6 Å². The van der Waals surface area contributed by atoms with Gasteiger partial charge in [-0.15, -0.1) is 11.3 Å². The fraction of sp³-hybridized carbons (Fsp3) is 0.333. The third-order valence-corrected chi connectivity index (χ3v) is 4.75. The van der Waals surface area contributed by atoms with Crippen LogP contribution in [0.3, 0.4) is 0 Å². The fourth-order valence-corrected chi connectivity index (χ4v) is 3.49. The Morgan fingerprint density at radius 2 is 2.17 bits per heavy atom. The van der Waals surface area contributed by atoms with E-state index in [9.17, 15) is 5.11 Å². The van der Waals surface area contributed by atoms with Gasteiger partial charge < -0.3 is 9.84 Å². The van der Waals surface area contributed by atoms with Gasteiger partial charge in [0, 0.05) is 11.3 Å². The standard InChI is InChI=1S/C15H16O2S/c1-17-13-5-4-11-6-7-15(16,10-12(11)9-13)14-3-2-8-18-14/h2-5,8-9,16H,6-7,10H2,1H3. The van der Waals surface area contributed by atoms with Crippen LogP contribution in [0.1, 0.15) is 22.4 Å². The molecule has 1 aromatic carbocycles. The van der Waals surface area contributed by atoms with Gasteiger partial charge in [0.15, 0.2) is 0 Å². The Hall–Kier alpha value is -1.32. The third-order valence-electron chi connectivity index (χ3n) is 3.68. The van der Waals surface area contributed by atoms with Crippen LogP contribution < -0.4 is 4.74 Å². The van der Waals surface area contributed by atoms with Crippen LogP contribution >= 0.6 is 11.3 Å². The van der Waals surface area contributed by atoms with Gasteiger partial charge in [0.05, 0.1) is 7.11 Å². The number of ether oxygens (including phenoxy) is 1. The second kappa shape index (κ2) is 4.41. The van der Waals surface area contributed by atoms with Crippen molar-refractivity contribution in [2.45, 2.75) is 24.9 Å². The van der Waals surface area contributed by atoms with Crippen LogP contribution in [0.25, 0.3) is 0 Å². The van der Waals surface area contributed by atoms with Gasteiger partial charge in [-0.2, -0.15) is 0 Å². The Bertz CT molecular complexity index is 548. The third kappa shape index (κ3) is 1.93. The average Bonchev–Trinajstić information content (AvgIpc) is 2.92. The Morgan fingerprint density at radius 1 is 1.28 bits per heavy atom. The molecule has 1 aromatic heterocycles. The number of thiophene rings is 1. The molecule has 0 saturated carbocycles. The maximum absolute atomic E-state index is 10.8. The summed E-state index contributed by atoms with van der Waals surface area (Å²) in [5, 5.41) is 12.8. The van der Waals surface area contributed by atoms with E-state index in [0.29, 0.717) is 6.42 Å². The largest absolute Gasteiger partial charge is 0.497 e. The Balaban J connectivity index is 1.96. The van der Waals surface area contributed by atoms with Gasteiger partial charge in [0.2, 0.25) is 0 Å². The number of benzene rings is 1. The summed E-state index contributed by atoms with van der Waals surface area (Å²) in [6.07, 6.45) is 2.40. The molecule has 0 amide bonds. The number of fused-ring (bicyclic) bond motifs is 1. The number of hydrogen-bond acceptors (Lipinski definition) is 3. The zero-order chi connectivity index (χ0) is 12.6. The van der Waals surface area contributed by atoms with Gasteiger partial charge >= 0.3 is 0 Å². The molecule has 1 atom stereocenters. The van der Waals surface area contributed by atoms with Crippen molar-refractivity contribution in [3.63, 3.8) is 0 Å². The zero-order valence-electron chi connectivity index (χ0n) is 10.3. The molecule has 2 aromatic rings. The predicted octanol–water partition coefficient (Wildman–Crippen LogP) is 3.13. The smallest absolute Gasteiger partial charge is 0.119 e. The van der Waals surface area contributed by atoms with E-state index in [1.54, 1.807) is 18.4 Å². The van der Waals surface area contributed by atoms with E-state index >= 15 is 0 Å². The molecule has 0 saturated heterocycles. The molecule has 0 spiro atoms. The van der Waals surface area contributed by atoms with Gasteiger partial charge in [-0.1, -0.05) is 12.1 Å². The Kier molecular flexibility index (Phi) is 2.88. The lowest BCUT2D eigenvalue weighted by molar-refractivity contribution is 0.0259. The van der Waals surface area contributed by atoms with Crippen molar-refractivity contribution in [2.24, 2.45) is 0 Å². The molecule has 0 bridgehead atoms. The molecule has 0 aliphatic heterocycles. The fourth-order valence-electron chi connectivity index (χ4n) is 2.64. The highest BCUT2D eigenvalue weighted by Crippen LogP contribution is 2.39. The monoisotopic (exact) mass is 260 g/mol. The number of rotatable bonds is 2. The number of aryl methyl sites for hydroxylation is 1. The molecule has 0 fully saturated rings. The second-order valence-electron chi connectivity index (χ2n) is 4.82. The van der Waals surface area contributed by atoms with Crippen molar-refractivity contribution in [1.29, 1.82) is 0 Å². The summed E-state index contributed by atoms with van der Waals surface area (Å²) in [6, 6.07) is 10.2. The first-order chi connectivity index (χ1) is 8.71. The van der Waals surface area contributed by atoms with Crippen molar-refractivity contribution < 1.29 is 9.84 Å². The minimum Gasteiger partial charge on any atom is -0.497 e. The van der Waals surface area contributed by atoms with Crippen LogP contribution in [-0.4, -0.2) is 12.2 Å². The number of methoxy groups -OCH3 is 1. The van der Waals surface area contributed by atoms with Crippen molar-refractivity contribution in [1.82, 2.24) is 0 Å². The molecule has 18 heavy (non-hydrogen) atoms. The first-order valence-electron chi connectivity index (χ1n) is 6.13.